The average molecular weight is 516 g/mol. The van der Waals surface area contributed by atoms with Crippen LogP contribution in [0, 0.1) is 0 Å². The van der Waals surface area contributed by atoms with Crippen molar-refractivity contribution in [3.05, 3.63) is 63.6 Å². The number of alkyl halides is 3. The molecule has 0 aliphatic rings. The highest BCUT2D eigenvalue weighted by Crippen LogP contribution is 2.28. The van der Waals surface area contributed by atoms with Gasteiger partial charge in [-0.05, 0) is 26.0 Å². The molecule has 0 saturated heterocycles. The van der Waals surface area contributed by atoms with Gasteiger partial charge in [-0.15, -0.1) is 0 Å². The number of carbonyl (C=O) groups excluding carboxylic acids is 2. The Morgan fingerprint density at radius 2 is 1.84 bits per heavy atom. The molecule has 192 valence electrons. The van der Waals surface area contributed by atoms with Gasteiger partial charge in [0.15, 0.2) is 17.0 Å². The highest BCUT2D eigenvalue weighted by atomic mass is 19.4. The molecule has 0 aliphatic heterocycles. The number of nitrogens with one attached hydrogen (secondary N) is 1. The third-order valence-electron chi connectivity index (χ3n) is 5.47. The number of anilines is 1. The van der Waals surface area contributed by atoms with Gasteiger partial charge in [-0.25, -0.2) is 14.8 Å². The number of aromatic nitrogens is 7. The fraction of sp³-hybridized carbons (Fsp3) is 0.273. The molecule has 4 rings (SSSR count). The first-order chi connectivity index (χ1) is 17.4. The van der Waals surface area contributed by atoms with Crippen LogP contribution in [-0.4, -0.2) is 45.3 Å². The SMILES string of the molecule is CC(=O)Cn1c(=O)c2c(ncn2C(C)C(=O)Nc2cncc(-c3ccc(C(F)(F)F)nc3)n2)n(C)c1=O. The maximum absolute atomic E-state index is 13.0. The number of amides is 1. The summed E-state index contributed by atoms with van der Waals surface area (Å²) in [6.07, 6.45) is 0.167. The fourth-order valence-corrected chi connectivity index (χ4v) is 3.58. The number of hydrogen-bond donors (Lipinski definition) is 1. The Morgan fingerprint density at radius 1 is 1.11 bits per heavy atom. The van der Waals surface area contributed by atoms with Crippen LogP contribution >= 0.6 is 0 Å². The van der Waals surface area contributed by atoms with Gasteiger partial charge in [-0.3, -0.25) is 33.5 Å². The molecule has 0 radical (unpaired) electrons. The number of halogens is 3. The molecule has 0 bridgehead atoms. The van der Waals surface area contributed by atoms with E-state index in [2.05, 4.69) is 25.3 Å². The van der Waals surface area contributed by atoms with Crippen molar-refractivity contribution in [2.24, 2.45) is 7.05 Å². The van der Waals surface area contributed by atoms with Gasteiger partial charge in [-0.2, -0.15) is 13.2 Å². The average Bonchev–Trinajstić information content (AvgIpc) is 3.30. The number of aryl methyl sites for hydroxylation is 1. The fourth-order valence-electron chi connectivity index (χ4n) is 3.58. The highest BCUT2D eigenvalue weighted by molar-refractivity contribution is 5.93. The van der Waals surface area contributed by atoms with Crippen molar-refractivity contribution in [1.82, 2.24) is 33.6 Å². The molecule has 12 nitrogen and oxygen atoms in total. The van der Waals surface area contributed by atoms with E-state index in [-0.39, 0.29) is 28.2 Å². The van der Waals surface area contributed by atoms with Crippen LogP contribution in [0.2, 0.25) is 0 Å². The number of rotatable bonds is 6. The second-order valence-electron chi connectivity index (χ2n) is 8.14. The van der Waals surface area contributed by atoms with E-state index in [1.54, 1.807) is 0 Å². The van der Waals surface area contributed by atoms with E-state index < -0.39 is 47.4 Å². The van der Waals surface area contributed by atoms with Crippen LogP contribution < -0.4 is 16.6 Å². The molecule has 0 fully saturated rings. The second kappa shape index (κ2) is 9.40. The van der Waals surface area contributed by atoms with Gasteiger partial charge >= 0.3 is 11.9 Å². The molecule has 4 aromatic heterocycles. The van der Waals surface area contributed by atoms with E-state index in [0.29, 0.717) is 0 Å². The quantitative estimate of drug-likeness (QED) is 0.406. The van der Waals surface area contributed by atoms with Crippen molar-refractivity contribution in [2.45, 2.75) is 32.6 Å². The molecule has 37 heavy (non-hydrogen) atoms. The van der Waals surface area contributed by atoms with Crippen molar-refractivity contribution in [3.63, 3.8) is 0 Å². The van der Waals surface area contributed by atoms with E-state index in [4.69, 9.17) is 0 Å². The number of pyridine rings is 1. The first kappa shape index (κ1) is 25.4. The molecule has 1 amide bonds. The summed E-state index contributed by atoms with van der Waals surface area (Å²) in [4.78, 5) is 65.7. The van der Waals surface area contributed by atoms with Crippen LogP contribution in [-0.2, 0) is 29.4 Å². The molecule has 0 aromatic carbocycles. The van der Waals surface area contributed by atoms with Crippen molar-refractivity contribution in [3.8, 4) is 11.3 Å². The van der Waals surface area contributed by atoms with Crippen molar-refractivity contribution >= 4 is 28.7 Å². The molecule has 4 heterocycles. The zero-order valence-corrected chi connectivity index (χ0v) is 19.6. The van der Waals surface area contributed by atoms with Crippen molar-refractivity contribution in [2.75, 3.05) is 5.32 Å². The van der Waals surface area contributed by atoms with Gasteiger partial charge in [0.2, 0.25) is 5.91 Å². The Hall–Kier alpha value is -4.69. The maximum atomic E-state index is 13.0. The Bertz CT molecular complexity index is 1640. The topological polar surface area (TPSA) is 147 Å². The van der Waals surface area contributed by atoms with Gasteiger partial charge in [-0.1, -0.05) is 0 Å². The second-order valence-corrected chi connectivity index (χ2v) is 8.14. The third kappa shape index (κ3) is 4.87. The van der Waals surface area contributed by atoms with E-state index in [1.807, 2.05) is 0 Å². The molecule has 4 aromatic rings. The van der Waals surface area contributed by atoms with Crippen LogP contribution in [0.15, 0.2) is 46.6 Å². The van der Waals surface area contributed by atoms with Crippen molar-refractivity contribution < 1.29 is 22.8 Å². The van der Waals surface area contributed by atoms with Crippen molar-refractivity contribution in [1.29, 1.82) is 0 Å². The Kier molecular flexibility index (Phi) is 6.46. The maximum Gasteiger partial charge on any atom is 0.433 e. The number of carbonyl (C=O) groups is 2. The van der Waals surface area contributed by atoms with Crippen LogP contribution in [0.4, 0.5) is 19.0 Å². The largest absolute Gasteiger partial charge is 0.433 e. The molecule has 1 unspecified atom stereocenters. The number of imidazole rings is 1. The van der Waals surface area contributed by atoms with Gasteiger partial charge in [0.05, 0.1) is 31.0 Å². The normalized spacial score (nSPS) is 12.5. The smallest absolute Gasteiger partial charge is 0.312 e. The van der Waals surface area contributed by atoms with Gasteiger partial charge in [0, 0.05) is 18.8 Å². The van der Waals surface area contributed by atoms with Crippen LogP contribution in [0.25, 0.3) is 22.4 Å². The summed E-state index contributed by atoms with van der Waals surface area (Å²) in [5, 5.41) is 2.54. The minimum Gasteiger partial charge on any atom is -0.312 e. The Labute approximate surface area is 205 Å². The number of nitrogens with zero attached hydrogens (tertiary/aromatic N) is 7. The lowest BCUT2D eigenvalue weighted by Crippen LogP contribution is -2.41. The van der Waals surface area contributed by atoms with E-state index in [9.17, 15) is 32.3 Å². The minimum atomic E-state index is -4.59. The summed E-state index contributed by atoms with van der Waals surface area (Å²) in [6, 6.07) is 0.974. The van der Waals surface area contributed by atoms with E-state index >= 15 is 0 Å². The first-order valence-electron chi connectivity index (χ1n) is 10.7. The monoisotopic (exact) mass is 516 g/mol. The van der Waals surface area contributed by atoms with Crippen LogP contribution in [0.1, 0.15) is 25.6 Å². The lowest BCUT2D eigenvalue weighted by atomic mass is 10.2. The first-order valence-corrected chi connectivity index (χ1v) is 10.7. The standard InChI is InChI=1S/C22H19F3N8O4/c1-11(34)9-32-20(36)17-18(31(3)21(32)37)28-10-33(17)12(2)19(35)30-16-8-26-7-14(29-16)13-4-5-15(27-6-13)22(23,24)25/h4-8,10,12H,9H2,1-3H3,(H,29,30,35). The van der Waals surface area contributed by atoms with Crippen LogP contribution in [0.3, 0.4) is 0 Å². The summed E-state index contributed by atoms with van der Waals surface area (Å²) in [7, 11) is 1.39. The molecule has 0 saturated carbocycles. The number of Topliss-reactive ketones (excluding diaryl/α,β-unsaturated/α-hetero) is 1. The highest BCUT2D eigenvalue weighted by Gasteiger charge is 2.32. The molecule has 0 spiro atoms. The summed E-state index contributed by atoms with van der Waals surface area (Å²) in [5.74, 6) is -1.03. The third-order valence-corrected chi connectivity index (χ3v) is 5.47. The van der Waals surface area contributed by atoms with Crippen LogP contribution in [0.5, 0.6) is 0 Å². The number of hydrogen-bond acceptors (Lipinski definition) is 8. The summed E-state index contributed by atoms with van der Waals surface area (Å²) < 4.78 is 41.4. The number of ketones is 1. The zero-order valence-electron chi connectivity index (χ0n) is 19.6. The summed E-state index contributed by atoms with van der Waals surface area (Å²) >= 11 is 0. The molecule has 15 heteroatoms. The zero-order chi connectivity index (χ0) is 27.1. The molecule has 1 N–H and O–H groups in total. The summed E-state index contributed by atoms with van der Waals surface area (Å²) in [5.41, 5.74) is -2.16. The van der Waals surface area contributed by atoms with E-state index in [0.717, 1.165) is 21.4 Å². The van der Waals surface area contributed by atoms with Gasteiger partial charge in [0.1, 0.15) is 17.5 Å². The lowest BCUT2D eigenvalue weighted by molar-refractivity contribution is -0.141. The summed E-state index contributed by atoms with van der Waals surface area (Å²) in [6.45, 7) is 2.28. The number of fused-ring (bicyclic) bond motifs is 1. The minimum absolute atomic E-state index is 0.0000550. The van der Waals surface area contributed by atoms with Gasteiger partial charge < -0.3 is 9.88 Å². The molecule has 0 aliphatic carbocycles. The molecule has 1 atom stereocenters. The molecular weight excluding hydrogens is 497 g/mol. The van der Waals surface area contributed by atoms with Gasteiger partial charge in [0.25, 0.3) is 5.56 Å². The molecular formula is C22H19F3N8O4. The predicted molar refractivity (Wildman–Crippen MR) is 124 cm³/mol. The lowest BCUT2D eigenvalue weighted by Gasteiger charge is -2.15. The predicted octanol–water partition coefficient (Wildman–Crippen LogP) is 1.56. The Balaban J connectivity index is 1.63. The Morgan fingerprint density at radius 3 is 2.46 bits per heavy atom. The van der Waals surface area contributed by atoms with E-state index in [1.165, 1.54) is 50.2 Å².